The molecule has 0 aliphatic carbocycles. The summed E-state index contributed by atoms with van der Waals surface area (Å²) in [5.41, 5.74) is 2.93. The number of hydrogen-bond donors (Lipinski definition) is 0. The minimum atomic E-state index is -1.67. The number of rotatable bonds is 6. The van der Waals surface area contributed by atoms with Crippen molar-refractivity contribution in [3.63, 3.8) is 0 Å². The van der Waals surface area contributed by atoms with Crippen molar-refractivity contribution in [2.75, 3.05) is 0 Å². The van der Waals surface area contributed by atoms with Crippen molar-refractivity contribution in [1.29, 1.82) is 0 Å². The van der Waals surface area contributed by atoms with Crippen LogP contribution in [0.4, 0.5) is 0 Å². The van der Waals surface area contributed by atoms with Gasteiger partial charge in [-0.15, -0.1) is 0 Å². The third-order valence-corrected chi connectivity index (χ3v) is 122. The Hall–Kier alpha value is -0.476. The molecule has 0 bridgehead atoms. The van der Waals surface area contributed by atoms with Crippen LogP contribution >= 0.6 is 0 Å². The van der Waals surface area contributed by atoms with Crippen LogP contribution in [0.5, 0.6) is 0 Å². The molecule has 0 unspecified atom stereocenters. The summed E-state index contributed by atoms with van der Waals surface area (Å²) in [6.45, 7) is 30.3. The lowest BCUT2D eigenvalue weighted by Crippen LogP contribution is -2.94. The summed E-state index contributed by atoms with van der Waals surface area (Å²) < 4.78 is 0. The minimum Gasteiger partial charge on any atom is -0.0720 e. The van der Waals surface area contributed by atoms with Crippen LogP contribution in [0.2, 0.25) is 72.0 Å². The van der Waals surface area contributed by atoms with Crippen LogP contribution in [-0.2, 0) is 0 Å². The summed E-state index contributed by atoms with van der Waals surface area (Å²) >= 11 is 0. The van der Waals surface area contributed by atoms with Gasteiger partial charge < -0.3 is 0 Å². The molecule has 0 saturated carbocycles. The lowest BCUT2D eigenvalue weighted by Gasteiger charge is -2.64. The first-order valence-electron chi connectivity index (χ1n) is 10.7. The third-order valence-electron chi connectivity index (χ3n) is 7.00. The van der Waals surface area contributed by atoms with Gasteiger partial charge in [0.25, 0.3) is 0 Å². The zero-order valence-corrected chi connectivity index (χ0v) is 25.2. The van der Waals surface area contributed by atoms with Gasteiger partial charge in [-0.1, -0.05) is 132 Å². The standard InChI is InChI=1S/C23H42Si5/c1-24(2,3)28(25(4,5)6,26(7,8)9)27(10,11)23-20-16-15-19-22(23)21-17-13-12-14-18-21/h12-20H,1-11H3. The zero-order valence-electron chi connectivity index (χ0n) is 20.2. The molecule has 0 atom stereocenters. The van der Waals surface area contributed by atoms with Crippen LogP contribution in [0.3, 0.4) is 0 Å². The Balaban J connectivity index is 2.94. The molecule has 0 N–H and O–H groups in total. The lowest BCUT2D eigenvalue weighted by molar-refractivity contribution is 1.63. The van der Waals surface area contributed by atoms with E-state index in [0.717, 1.165) is 0 Å². The van der Waals surface area contributed by atoms with E-state index in [4.69, 9.17) is 0 Å². The van der Waals surface area contributed by atoms with Crippen molar-refractivity contribution in [2.45, 2.75) is 72.0 Å². The fourth-order valence-corrected chi connectivity index (χ4v) is 176. The van der Waals surface area contributed by atoms with Gasteiger partial charge >= 0.3 is 0 Å². The van der Waals surface area contributed by atoms with E-state index in [1.54, 1.807) is 5.19 Å². The molecule has 0 nitrogen and oxygen atoms in total. The molecule has 0 heterocycles. The van der Waals surface area contributed by atoms with Crippen molar-refractivity contribution in [2.24, 2.45) is 0 Å². The largest absolute Gasteiger partial charge is 0.0720 e. The predicted octanol–water partition coefficient (Wildman–Crippen LogP) is 7.05. The summed E-state index contributed by atoms with van der Waals surface area (Å²) in [6.07, 6.45) is -1.48. The van der Waals surface area contributed by atoms with Gasteiger partial charge in [-0.3, -0.25) is 0 Å². The predicted molar refractivity (Wildman–Crippen MR) is 145 cm³/mol. The van der Waals surface area contributed by atoms with E-state index >= 15 is 0 Å². The molecule has 2 aromatic rings. The Morgan fingerprint density at radius 1 is 0.464 bits per heavy atom. The van der Waals surface area contributed by atoms with Crippen LogP contribution in [0, 0.1) is 0 Å². The molecule has 2 aromatic carbocycles. The lowest BCUT2D eigenvalue weighted by atomic mass is 10.1. The second-order valence-corrected chi connectivity index (χ2v) is 66.1. The van der Waals surface area contributed by atoms with Crippen LogP contribution < -0.4 is 5.19 Å². The first-order chi connectivity index (χ1) is 12.6. The van der Waals surface area contributed by atoms with Gasteiger partial charge in [0.1, 0.15) is 0 Å². The molecular formula is C23H42Si5. The molecule has 0 aromatic heterocycles. The highest BCUT2D eigenvalue weighted by Gasteiger charge is 2.69. The van der Waals surface area contributed by atoms with Gasteiger partial charge in [-0.25, -0.2) is 0 Å². The van der Waals surface area contributed by atoms with Crippen molar-refractivity contribution >= 4 is 41.7 Å². The molecule has 154 valence electrons. The highest BCUT2D eigenvalue weighted by atomic mass is 30.2. The first-order valence-corrected chi connectivity index (χ1v) is 30.2. The van der Waals surface area contributed by atoms with Gasteiger partial charge in [0, 0.05) is 28.9 Å². The molecule has 0 saturated heterocycles. The molecule has 5 heteroatoms. The van der Waals surface area contributed by atoms with E-state index in [-0.39, 0.29) is 0 Å². The molecule has 0 aliphatic rings. The Kier molecular flexibility index (Phi) is 6.50. The maximum absolute atomic E-state index is 2.79. The highest BCUT2D eigenvalue weighted by Crippen LogP contribution is 2.44. The molecule has 0 radical (unpaired) electrons. The normalized spacial score (nSPS) is 14.2. The second-order valence-electron chi connectivity index (χ2n) is 12.0. The van der Waals surface area contributed by atoms with Gasteiger partial charge in [0.2, 0.25) is 0 Å². The Bertz CT molecular complexity index is 769. The van der Waals surface area contributed by atoms with Gasteiger partial charge in [0.15, 0.2) is 0 Å². The van der Waals surface area contributed by atoms with E-state index in [1.165, 1.54) is 11.1 Å². The van der Waals surface area contributed by atoms with E-state index in [0.29, 0.717) is 0 Å². The first kappa shape index (κ1) is 23.8. The molecular weight excluding hydrogens is 417 g/mol. The molecule has 0 amide bonds. The van der Waals surface area contributed by atoms with E-state index in [9.17, 15) is 0 Å². The average Bonchev–Trinajstić information content (AvgIpc) is 2.51. The zero-order chi connectivity index (χ0) is 21.6. The fraction of sp³-hybridized carbons (Fsp3) is 0.478. The van der Waals surface area contributed by atoms with Gasteiger partial charge in [0.05, 0.1) is 7.59 Å². The molecule has 28 heavy (non-hydrogen) atoms. The number of hydrogen-bond acceptors (Lipinski definition) is 0. The fourth-order valence-electron chi connectivity index (χ4n) is 8.29. The monoisotopic (exact) mass is 458 g/mol. The summed E-state index contributed by atoms with van der Waals surface area (Å²) in [6, 6.07) is 20.6. The van der Waals surface area contributed by atoms with Gasteiger partial charge in [-0.2, -0.15) is 0 Å². The Morgan fingerprint density at radius 3 is 1.29 bits per heavy atom. The summed E-state index contributed by atoms with van der Waals surface area (Å²) in [5.74, 6) is 0. The molecule has 2 rings (SSSR count). The molecule has 0 spiro atoms. The maximum atomic E-state index is 2.79. The van der Waals surface area contributed by atoms with Crippen molar-refractivity contribution in [3.05, 3.63) is 54.6 Å². The third kappa shape index (κ3) is 3.69. The quantitative estimate of drug-likeness (QED) is 0.407. The number of benzene rings is 2. The summed E-state index contributed by atoms with van der Waals surface area (Å²) in [7, 11) is -5.65. The van der Waals surface area contributed by atoms with Crippen LogP contribution in [0.25, 0.3) is 11.1 Å². The molecule has 0 aliphatic heterocycles. The van der Waals surface area contributed by atoms with Crippen molar-refractivity contribution in [1.82, 2.24) is 0 Å². The van der Waals surface area contributed by atoms with Crippen molar-refractivity contribution in [3.8, 4) is 11.1 Å². The van der Waals surface area contributed by atoms with Crippen LogP contribution in [0.15, 0.2) is 54.6 Å². The summed E-state index contributed by atoms with van der Waals surface area (Å²) in [4.78, 5) is 0. The Labute approximate surface area is 179 Å². The van der Waals surface area contributed by atoms with E-state index < -0.39 is 36.5 Å². The highest BCUT2D eigenvalue weighted by molar-refractivity contribution is 8.07. The van der Waals surface area contributed by atoms with E-state index in [1.807, 2.05) is 0 Å². The maximum Gasteiger partial charge on any atom is 0.0680 e. The average molecular weight is 459 g/mol. The van der Waals surface area contributed by atoms with Crippen LogP contribution in [-0.4, -0.2) is 36.5 Å². The SMILES string of the molecule is C[Si](C)(C)[Si]([Si](C)(C)C)([Si](C)(C)C)[Si](C)(C)c1ccccc1-c1ccccc1. The van der Waals surface area contributed by atoms with Crippen molar-refractivity contribution < 1.29 is 0 Å². The van der Waals surface area contributed by atoms with Gasteiger partial charge in [-0.05, 0) is 11.1 Å². The molecule has 0 fully saturated rings. The topological polar surface area (TPSA) is 0 Å². The van der Waals surface area contributed by atoms with Crippen LogP contribution in [0.1, 0.15) is 0 Å². The Morgan fingerprint density at radius 2 is 0.857 bits per heavy atom. The smallest absolute Gasteiger partial charge is 0.0680 e. The second kappa shape index (κ2) is 7.65. The summed E-state index contributed by atoms with van der Waals surface area (Å²) in [5, 5.41) is 1.75. The van der Waals surface area contributed by atoms with E-state index in [2.05, 4.69) is 127 Å². The minimum absolute atomic E-state index is 1.33.